The van der Waals surface area contributed by atoms with Crippen LogP contribution in [-0.2, 0) is 30.5 Å². The van der Waals surface area contributed by atoms with Crippen LogP contribution in [0.1, 0.15) is 59.9 Å². The zero-order chi connectivity index (χ0) is 29.0. The second-order valence-electron chi connectivity index (χ2n) is 10.3. The Hall–Kier alpha value is -3.83. The quantitative estimate of drug-likeness (QED) is 0.317. The minimum absolute atomic E-state index is 0.00400. The summed E-state index contributed by atoms with van der Waals surface area (Å²) >= 11 is 0. The number of carbonyl (C=O) groups is 5. The molecule has 1 rings (SSSR count). The van der Waals surface area contributed by atoms with Gasteiger partial charge in [-0.05, 0) is 57.7 Å². The molecular weight excluding hydrogens is 496 g/mol. The molecule has 1 aromatic carbocycles. The molecule has 38 heavy (non-hydrogen) atoms. The SMILES string of the molecule is CC(C)[C@H](NC(=O)OC(C)(C)C)C(=O)N[C@@H](C)C(=O)Nc1ccc(COC(=O)N(C)CCCC(=O)O)cc1. The number of nitrogens with zero attached hydrogens (tertiary/aromatic N) is 1. The molecule has 0 bridgehead atoms. The third-order valence-corrected chi connectivity index (χ3v) is 5.15. The number of aliphatic carboxylic acids is 1. The van der Waals surface area contributed by atoms with Crippen molar-refractivity contribution in [2.75, 3.05) is 18.9 Å². The van der Waals surface area contributed by atoms with Crippen molar-refractivity contribution in [1.82, 2.24) is 15.5 Å². The van der Waals surface area contributed by atoms with Crippen molar-refractivity contribution in [2.45, 2.75) is 78.7 Å². The second kappa shape index (κ2) is 14.8. The molecule has 2 atom stereocenters. The number of ether oxygens (including phenoxy) is 2. The lowest BCUT2D eigenvalue weighted by Gasteiger charge is -2.26. The van der Waals surface area contributed by atoms with Crippen LogP contribution < -0.4 is 16.0 Å². The topological polar surface area (TPSA) is 163 Å². The predicted molar refractivity (Wildman–Crippen MR) is 140 cm³/mol. The van der Waals surface area contributed by atoms with Crippen molar-refractivity contribution in [2.24, 2.45) is 5.92 Å². The highest BCUT2D eigenvalue weighted by atomic mass is 16.6. The molecule has 0 saturated heterocycles. The number of carboxylic acid groups (broad SMARTS) is 1. The van der Waals surface area contributed by atoms with Crippen LogP contribution >= 0.6 is 0 Å². The summed E-state index contributed by atoms with van der Waals surface area (Å²) in [6.45, 7) is 10.5. The molecule has 1 aromatic rings. The van der Waals surface area contributed by atoms with Crippen LogP contribution in [0.15, 0.2) is 24.3 Å². The molecule has 0 aliphatic heterocycles. The van der Waals surface area contributed by atoms with Gasteiger partial charge in [0.15, 0.2) is 0 Å². The Morgan fingerprint density at radius 2 is 1.58 bits per heavy atom. The van der Waals surface area contributed by atoms with E-state index in [0.29, 0.717) is 17.7 Å². The molecule has 212 valence electrons. The second-order valence-corrected chi connectivity index (χ2v) is 10.3. The Bertz CT molecular complexity index is 972. The molecule has 0 heterocycles. The largest absolute Gasteiger partial charge is 0.481 e. The first-order valence-electron chi connectivity index (χ1n) is 12.4. The molecule has 0 aromatic heterocycles. The number of nitrogens with one attached hydrogen (secondary N) is 3. The van der Waals surface area contributed by atoms with Crippen LogP contribution in [0, 0.1) is 5.92 Å². The summed E-state index contributed by atoms with van der Waals surface area (Å²) in [5.74, 6) is -2.14. The van der Waals surface area contributed by atoms with Gasteiger partial charge in [-0.15, -0.1) is 0 Å². The Morgan fingerprint density at radius 3 is 2.11 bits per heavy atom. The lowest BCUT2D eigenvalue weighted by molar-refractivity contribution is -0.137. The van der Waals surface area contributed by atoms with Crippen molar-refractivity contribution in [3.8, 4) is 0 Å². The molecule has 0 radical (unpaired) electrons. The highest BCUT2D eigenvalue weighted by Crippen LogP contribution is 2.12. The Kier molecular flexibility index (Phi) is 12.5. The van der Waals surface area contributed by atoms with E-state index < -0.39 is 47.7 Å². The number of hydrogen-bond acceptors (Lipinski definition) is 7. The highest BCUT2D eigenvalue weighted by Gasteiger charge is 2.29. The molecule has 0 fully saturated rings. The maximum Gasteiger partial charge on any atom is 0.409 e. The van der Waals surface area contributed by atoms with E-state index in [1.807, 2.05) is 0 Å². The number of hydrogen-bond donors (Lipinski definition) is 4. The van der Waals surface area contributed by atoms with Gasteiger partial charge in [0.1, 0.15) is 24.3 Å². The summed E-state index contributed by atoms with van der Waals surface area (Å²) in [5.41, 5.74) is 0.445. The number of alkyl carbamates (subject to hydrolysis) is 1. The van der Waals surface area contributed by atoms with Gasteiger partial charge in [0, 0.05) is 25.7 Å². The fourth-order valence-corrected chi connectivity index (χ4v) is 3.09. The Labute approximate surface area is 223 Å². The highest BCUT2D eigenvalue weighted by molar-refractivity contribution is 5.98. The number of benzene rings is 1. The average Bonchev–Trinajstić information content (AvgIpc) is 2.80. The first kappa shape index (κ1) is 32.2. The normalized spacial score (nSPS) is 12.6. The minimum atomic E-state index is -0.925. The number of rotatable bonds is 12. The van der Waals surface area contributed by atoms with E-state index in [1.54, 1.807) is 58.9 Å². The first-order chi connectivity index (χ1) is 17.6. The number of amides is 4. The fraction of sp³-hybridized carbons (Fsp3) is 0.577. The van der Waals surface area contributed by atoms with Crippen molar-refractivity contribution < 1.29 is 38.6 Å². The molecular formula is C26H40N4O8. The van der Waals surface area contributed by atoms with Gasteiger partial charge in [0.25, 0.3) is 0 Å². The van der Waals surface area contributed by atoms with Crippen molar-refractivity contribution in [3.05, 3.63) is 29.8 Å². The predicted octanol–water partition coefficient (Wildman–Crippen LogP) is 3.11. The number of anilines is 1. The van der Waals surface area contributed by atoms with Crippen LogP contribution in [0.5, 0.6) is 0 Å². The zero-order valence-corrected chi connectivity index (χ0v) is 23.1. The van der Waals surface area contributed by atoms with Crippen LogP contribution in [0.2, 0.25) is 0 Å². The summed E-state index contributed by atoms with van der Waals surface area (Å²) in [5, 5.41) is 16.5. The molecule has 4 N–H and O–H groups in total. The van der Waals surface area contributed by atoms with E-state index in [2.05, 4.69) is 16.0 Å². The van der Waals surface area contributed by atoms with E-state index in [1.165, 1.54) is 18.9 Å². The van der Waals surface area contributed by atoms with Gasteiger partial charge in [-0.25, -0.2) is 9.59 Å². The molecule has 0 aliphatic rings. The lowest BCUT2D eigenvalue weighted by atomic mass is 10.0. The van der Waals surface area contributed by atoms with E-state index in [0.717, 1.165) is 0 Å². The van der Waals surface area contributed by atoms with Gasteiger partial charge < -0.3 is 35.4 Å². The van der Waals surface area contributed by atoms with Gasteiger partial charge >= 0.3 is 18.2 Å². The van der Waals surface area contributed by atoms with Gasteiger partial charge in [-0.1, -0.05) is 26.0 Å². The smallest absolute Gasteiger partial charge is 0.409 e. The average molecular weight is 537 g/mol. The van der Waals surface area contributed by atoms with Crippen LogP contribution in [-0.4, -0.2) is 71.3 Å². The standard InChI is InChI=1S/C26H40N4O8/c1-16(2)21(29-24(35)38-26(4,5)6)23(34)27-17(3)22(33)28-19-12-10-18(11-13-19)15-37-25(36)30(7)14-8-9-20(31)32/h10-13,16-17,21H,8-9,14-15H2,1-7H3,(H,27,34)(H,28,33)(H,29,35)(H,31,32)/t17-,21-/m0/s1. The molecule has 0 unspecified atom stereocenters. The summed E-state index contributed by atoms with van der Waals surface area (Å²) in [4.78, 5) is 61.3. The first-order valence-corrected chi connectivity index (χ1v) is 12.4. The Morgan fingerprint density at radius 1 is 0.974 bits per heavy atom. The van der Waals surface area contributed by atoms with Gasteiger partial charge in [-0.3, -0.25) is 14.4 Å². The van der Waals surface area contributed by atoms with Gasteiger partial charge in [0.05, 0.1) is 0 Å². The molecule has 0 spiro atoms. The molecule has 12 nitrogen and oxygen atoms in total. The van der Waals surface area contributed by atoms with Gasteiger partial charge in [-0.2, -0.15) is 0 Å². The summed E-state index contributed by atoms with van der Waals surface area (Å²) < 4.78 is 10.4. The maximum absolute atomic E-state index is 12.7. The Balaban J connectivity index is 2.58. The minimum Gasteiger partial charge on any atom is -0.481 e. The summed E-state index contributed by atoms with van der Waals surface area (Å²) in [7, 11) is 1.53. The van der Waals surface area contributed by atoms with Gasteiger partial charge in [0.2, 0.25) is 11.8 Å². The zero-order valence-electron chi connectivity index (χ0n) is 23.1. The van der Waals surface area contributed by atoms with Crippen molar-refractivity contribution in [3.63, 3.8) is 0 Å². The monoisotopic (exact) mass is 536 g/mol. The van der Waals surface area contributed by atoms with Crippen LogP contribution in [0.3, 0.4) is 0 Å². The van der Waals surface area contributed by atoms with Crippen molar-refractivity contribution in [1.29, 1.82) is 0 Å². The molecule has 12 heteroatoms. The van der Waals surface area contributed by atoms with Crippen LogP contribution in [0.25, 0.3) is 0 Å². The third-order valence-electron chi connectivity index (χ3n) is 5.15. The molecule has 4 amide bonds. The number of carboxylic acids is 1. The fourth-order valence-electron chi connectivity index (χ4n) is 3.09. The van der Waals surface area contributed by atoms with E-state index in [9.17, 15) is 24.0 Å². The van der Waals surface area contributed by atoms with E-state index in [4.69, 9.17) is 14.6 Å². The maximum atomic E-state index is 12.7. The lowest BCUT2D eigenvalue weighted by Crippen LogP contribution is -2.54. The summed E-state index contributed by atoms with van der Waals surface area (Å²) in [6, 6.07) is 4.84. The van der Waals surface area contributed by atoms with E-state index >= 15 is 0 Å². The van der Waals surface area contributed by atoms with Crippen molar-refractivity contribution >= 4 is 35.7 Å². The number of carbonyl (C=O) groups excluding carboxylic acids is 4. The third kappa shape index (κ3) is 12.4. The molecule has 0 aliphatic carbocycles. The van der Waals surface area contributed by atoms with Crippen LogP contribution in [0.4, 0.5) is 15.3 Å². The molecule has 0 saturated carbocycles. The van der Waals surface area contributed by atoms with E-state index in [-0.39, 0.29) is 25.5 Å². The summed E-state index contributed by atoms with van der Waals surface area (Å²) in [6.07, 6.45) is -1.00.